The third-order valence-corrected chi connectivity index (χ3v) is 6.57. The minimum absolute atomic E-state index is 0.0685. The van der Waals surface area contributed by atoms with Gasteiger partial charge in [0.1, 0.15) is 5.01 Å². The number of thiazole rings is 1. The molecule has 0 fully saturated rings. The molecule has 1 aromatic carbocycles. The average molecular weight is 445 g/mol. The van der Waals surface area contributed by atoms with Crippen LogP contribution in [-0.2, 0) is 33.5 Å². The van der Waals surface area contributed by atoms with Crippen LogP contribution in [0.4, 0.5) is 0 Å². The van der Waals surface area contributed by atoms with Gasteiger partial charge in [0.25, 0.3) is 0 Å². The molecule has 0 aliphatic carbocycles. The summed E-state index contributed by atoms with van der Waals surface area (Å²) in [7, 11) is -3.35. The van der Waals surface area contributed by atoms with E-state index in [1.54, 1.807) is 38.4 Å². The maximum absolute atomic E-state index is 12.2. The summed E-state index contributed by atoms with van der Waals surface area (Å²) in [5.41, 5.74) is 3.24. The maximum atomic E-state index is 12.2. The van der Waals surface area contributed by atoms with E-state index in [0.717, 1.165) is 21.8 Å². The Morgan fingerprint density at radius 1 is 1.13 bits per heavy atom. The van der Waals surface area contributed by atoms with E-state index in [4.69, 9.17) is 0 Å². The first-order valence-electron chi connectivity index (χ1n) is 9.50. The summed E-state index contributed by atoms with van der Waals surface area (Å²) in [5.74, 6) is -0.188. The van der Waals surface area contributed by atoms with Crippen LogP contribution in [-0.4, -0.2) is 30.3 Å². The van der Waals surface area contributed by atoms with Crippen molar-refractivity contribution in [1.29, 1.82) is 0 Å². The fraction of sp³-hybridized carbons (Fsp3) is 0.286. The molecule has 7 nitrogen and oxygen atoms in total. The van der Waals surface area contributed by atoms with Crippen molar-refractivity contribution in [2.24, 2.45) is 0 Å². The molecule has 0 atom stereocenters. The topological polar surface area (TPSA) is 101 Å². The summed E-state index contributed by atoms with van der Waals surface area (Å²) in [6.45, 7) is 3.94. The van der Waals surface area contributed by atoms with Crippen LogP contribution in [0.25, 0.3) is 10.6 Å². The number of carbonyl (C=O) groups is 1. The molecule has 0 spiro atoms. The number of carbonyl (C=O) groups excluding carboxylic acids is 1. The maximum Gasteiger partial charge on any atom is 0.226 e. The molecular weight excluding hydrogens is 420 g/mol. The molecular formula is C21H24N4O3S2. The Labute approximate surface area is 180 Å². The Balaban J connectivity index is 1.50. The third kappa shape index (κ3) is 6.72. The largest absolute Gasteiger partial charge is 0.352 e. The predicted octanol–water partition coefficient (Wildman–Crippen LogP) is 2.89. The van der Waals surface area contributed by atoms with Crippen LogP contribution in [0, 0.1) is 0 Å². The fourth-order valence-corrected chi connectivity index (χ4v) is 5.05. The van der Waals surface area contributed by atoms with E-state index >= 15 is 0 Å². The molecule has 0 aliphatic heterocycles. The Hall–Kier alpha value is -2.62. The molecule has 3 rings (SSSR count). The lowest BCUT2D eigenvalue weighted by atomic mass is 10.1. The molecule has 158 valence electrons. The predicted molar refractivity (Wildman–Crippen MR) is 118 cm³/mol. The van der Waals surface area contributed by atoms with Crippen molar-refractivity contribution in [1.82, 2.24) is 20.0 Å². The Morgan fingerprint density at radius 2 is 1.87 bits per heavy atom. The minimum atomic E-state index is -3.35. The summed E-state index contributed by atoms with van der Waals surface area (Å²) in [5, 5.41) is 5.59. The SMILES string of the molecule is CC(C)NS(=O)(=O)Cc1ccc(CNC(=O)Cc2csc(-c3cccnc3)n2)cc1. The van der Waals surface area contributed by atoms with E-state index in [9.17, 15) is 13.2 Å². The van der Waals surface area contributed by atoms with Crippen molar-refractivity contribution in [3.05, 3.63) is 71.0 Å². The van der Waals surface area contributed by atoms with Gasteiger partial charge >= 0.3 is 0 Å². The summed E-state index contributed by atoms with van der Waals surface area (Å²) < 4.78 is 26.6. The average Bonchev–Trinajstić information content (AvgIpc) is 3.15. The first-order chi connectivity index (χ1) is 14.3. The van der Waals surface area contributed by atoms with Crippen LogP contribution >= 0.6 is 11.3 Å². The van der Waals surface area contributed by atoms with Gasteiger partial charge in [-0.1, -0.05) is 24.3 Å². The van der Waals surface area contributed by atoms with Gasteiger partial charge in [-0.15, -0.1) is 11.3 Å². The number of aromatic nitrogens is 2. The smallest absolute Gasteiger partial charge is 0.226 e. The highest BCUT2D eigenvalue weighted by atomic mass is 32.2. The van der Waals surface area contributed by atoms with Gasteiger partial charge in [0.05, 0.1) is 17.9 Å². The number of pyridine rings is 1. The molecule has 0 bridgehead atoms. The van der Waals surface area contributed by atoms with Gasteiger partial charge in [0.2, 0.25) is 15.9 Å². The van der Waals surface area contributed by atoms with Gasteiger partial charge in [-0.05, 0) is 37.1 Å². The molecule has 0 unspecified atom stereocenters. The van der Waals surface area contributed by atoms with Crippen molar-refractivity contribution in [2.75, 3.05) is 0 Å². The molecule has 2 heterocycles. The van der Waals surface area contributed by atoms with E-state index < -0.39 is 10.0 Å². The Bertz CT molecular complexity index is 1080. The molecule has 0 saturated heterocycles. The summed E-state index contributed by atoms with van der Waals surface area (Å²) in [6.07, 6.45) is 3.66. The number of nitrogens with one attached hydrogen (secondary N) is 2. The van der Waals surface area contributed by atoms with Crippen molar-refractivity contribution >= 4 is 27.3 Å². The second-order valence-electron chi connectivity index (χ2n) is 7.19. The third-order valence-electron chi connectivity index (χ3n) is 4.09. The van der Waals surface area contributed by atoms with E-state index in [1.807, 2.05) is 29.6 Å². The zero-order chi connectivity index (χ0) is 21.6. The van der Waals surface area contributed by atoms with E-state index in [1.165, 1.54) is 11.3 Å². The second-order valence-corrected chi connectivity index (χ2v) is 9.80. The van der Waals surface area contributed by atoms with Crippen molar-refractivity contribution in [3.63, 3.8) is 0 Å². The molecule has 1 amide bonds. The minimum Gasteiger partial charge on any atom is -0.352 e. The first-order valence-corrected chi connectivity index (χ1v) is 12.0. The quantitative estimate of drug-likeness (QED) is 0.528. The second kappa shape index (κ2) is 9.92. The fourth-order valence-electron chi connectivity index (χ4n) is 2.81. The van der Waals surface area contributed by atoms with Crippen LogP contribution in [0.2, 0.25) is 0 Å². The van der Waals surface area contributed by atoms with Crippen molar-refractivity contribution in [2.45, 2.75) is 38.6 Å². The number of amides is 1. The van der Waals surface area contributed by atoms with Crippen LogP contribution in [0.1, 0.15) is 30.7 Å². The number of rotatable bonds is 9. The zero-order valence-electron chi connectivity index (χ0n) is 16.8. The number of benzene rings is 1. The van der Waals surface area contributed by atoms with E-state index in [0.29, 0.717) is 12.1 Å². The van der Waals surface area contributed by atoms with Gasteiger partial charge < -0.3 is 5.32 Å². The number of sulfonamides is 1. The highest BCUT2D eigenvalue weighted by Gasteiger charge is 2.13. The highest BCUT2D eigenvalue weighted by Crippen LogP contribution is 2.22. The lowest BCUT2D eigenvalue weighted by molar-refractivity contribution is -0.120. The Morgan fingerprint density at radius 3 is 2.53 bits per heavy atom. The summed E-state index contributed by atoms with van der Waals surface area (Å²) in [4.78, 5) is 20.8. The zero-order valence-corrected chi connectivity index (χ0v) is 18.5. The first kappa shape index (κ1) is 22.1. The summed E-state index contributed by atoms with van der Waals surface area (Å²) >= 11 is 1.48. The molecule has 2 N–H and O–H groups in total. The van der Waals surface area contributed by atoms with Crippen molar-refractivity contribution < 1.29 is 13.2 Å². The standard InChI is InChI=1S/C21H24N4O3S2/c1-15(2)25-30(27,28)14-17-7-5-16(6-8-17)11-23-20(26)10-19-13-29-21(24-19)18-4-3-9-22-12-18/h3-9,12-13,15,25H,10-11,14H2,1-2H3,(H,23,26). The van der Waals surface area contributed by atoms with E-state index in [2.05, 4.69) is 20.0 Å². The number of nitrogens with zero attached hydrogens (tertiary/aromatic N) is 2. The molecule has 0 aliphatic rings. The molecule has 2 aromatic heterocycles. The number of hydrogen-bond acceptors (Lipinski definition) is 6. The van der Waals surface area contributed by atoms with Gasteiger partial charge in [-0.25, -0.2) is 18.1 Å². The number of hydrogen-bond donors (Lipinski definition) is 2. The molecule has 0 radical (unpaired) electrons. The Kier molecular flexibility index (Phi) is 7.30. The van der Waals surface area contributed by atoms with Gasteiger partial charge in [-0.2, -0.15) is 0 Å². The van der Waals surface area contributed by atoms with Crippen LogP contribution in [0.3, 0.4) is 0 Å². The van der Waals surface area contributed by atoms with Crippen LogP contribution in [0.5, 0.6) is 0 Å². The van der Waals surface area contributed by atoms with Gasteiger partial charge in [0, 0.05) is 35.9 Å². The lowest BCUT2D eigenvalue weighted by Crippen LogP contribution is -2.31. The highest BCUT2D eigenvalue weighted by molar-refractivity contribution is 7.88. The van der Waals surface area contributed by atoms with Crippen molar-refractivity contribution in [3.8, 4) is 10.6 Å². The molecule has 0 saturated carbocycles. The van der Waals surface area contributed by atoms with Gasteiger partial charge in [0.15, 0.2) is 0 Å². The molecule has 3 aromatic rings. The van der Waals surface area contributed by atoms with E-state index in [-0.39, 0.29) is 24.1 Å². The monoisotopic (exact) mass is 444 g/mol. The lowest BCUT2D eigenvalue weighted by Gasteiger charge is -2.10. The molecule has 9 heteroatoms. The summed E-state index contributed by atoms with van der Waals surface area (Å²) in [6, 6.07) is 10.8. The van der Waals surface area contributed by atoms with Gasteiger partial charge in [-0.3, -0.25) is 9.78 Å². The van der Waals surface area contributed by atoms with Crippen LogP contribution < -0.4 is 10.0 Å². The normalized spacial score (nSPS) is 11.6. The van der Waals surface area contributed by atoms with Crippen LogP contribution in [0.15, 0.2) is 54.2 Å². The molecule has 30 heavy (non-hydrogen) atoms.